The number of halogens is 1. The maximum atomic E-state index is 13.7. The van der Waals surface area contributed by atoms with Crippen molar-refractivity contribution in [1.82, 2.24) is 5.32 Å². The fourth-order valence-electron chi connectivity index (χ4n) is 5.34. The average Bonchev–Trinajstić information content (AvgIpc) is 2.80. The van der Waals surface area contributed by atoms with Crippen molar-refractivity contribution in [3.05, 3.63) is 29.6 Å². The van der Waals surface area contributed by atoms with Crippen LogP contribution < -0.4 is 5.32 Å². The molecular formula is C17H22FNO. The molecule has 3 heteroatoms. The average molecular weight is 275 g/mol. The molecule has 0 radical (unpaired) electrons. The van der Waals surface area contributed by atoms with Gasteiger partial charge in [0, 0.05) is 24.7 Å². The summed E-state index contributed by atoms with van der Waals surface area (Å²) in [5.41, 5.74) is 1.15. The number of benzene rings is 1. The Bertz CT molecular complexity index is 510. The van der Waals surface area contributed by atoms with Crippen molar-refractivity contribution in [2.45, 2.75) is 38.6 Å². The number of aromatic hydroxyl groups is 1. The molecule has 0 heterocycles. The van der Waals surface area contributed by atoms with Crippen LogP contribution in [0.5, 0.6) is 5.75 Å². The van der Waals surface area contributed by atoms with Gasteiger partial charge in [0.15, 0.2) is 0 Å². The molecular weight excluding hydrogens is 253 g/mol. The summed E-state index contributed by atoms with van der Waals surface area (Å²) in [5.74, 6) is 2.63. The zero-order valence-corrected chi connectivity index (χ0v) is 11.7. The molecule has 108 valence electrons. The van der Waals surface area contributed by atoms with Crippen LogP contribution >= 0.6 is 0 Å². The molecule has 4 bridgehead atoms. The second kappa shape index (κ2) is 4.45. The lowest BCUT2D eigenvalue weighted by Crippen LogP contribution is -2.37. The van der Waals surface area contributed by atoms with Crippen molar-refractivity contribution < 1.29 is 9.50 Å². The Kier molecular flexibility index (Phi) is 2.81. The first-order valence-corrected chi connectivity index (χ1v) is 7.82. The van der Waals surface area contributed by atoms with Gasteiger partial charge in [-0.1, -0.05) is 6.07 Å². The second-order valence-electron chi connectivity index (χ2n) is 7.35. The van der Waals surface area contributed by atoms with Crippen molar-refractivity contribution in [2.75, 3.05) is 6.54 Å². The molecule has 5 rings (SSSR count). The molecule has 0 spiro atoms. The molecule has 4 saturated carbocycles. The summed E-state index contributed by atoms with van der Waals surface area (Å²) in [6.07, 6.45) is 7.10. The number of nitrogens with one attached hydrogen (secondary N) is 1. The van der Waals surface area contributed by atoms with Crippen LogP contribution in [-0.2, 0) is 6.54 Å². The summed E-state index contributed by atoms with van der Waals surface area (Å²) in [4.78, 5) is 0. The molecule has 2 unspecified atom stereocenters. The Labute approximate surface area is 119 Å². The minimum absolute atomic E-state index is 0.00385. The van der Waals surface area contributed by atoms with E-state index in [9.17, 15) is 9.50 Å². The Morgan fingerprint density at radius 1 is 1.20 bits per heavy atom. The van der Waals surface area contributed by atoms with Crippen molar-refractivity contribution in [3.8, 4) is 5.75 Å². The van der Waals surface area contributed by atoms with E-state index < -0.39 is 0 Å². The molecule has 4 fully saturated rings. The van der Waals surface area contributed by atoms with E-state index in [-0.39, 0.29) is 11.6 Å². The lowest BCUT2D eigenvalue weighted by Gasteiger charge is -2.38. The van der Waals surface area contributed by atoms with Gasteiger partial charge >= 0.3 is 0 Å². The van der Waals surface area contributed by atoms with E-state index in [0.717, 1.165) is 24.3 Å². The summed E-state index contributed by atoms with van der Waals surface area (Å²) in [6.45, 7) is 1.59. The third-order valence-electron chi connectivity index (χ3n) is 5.90. The summed E-state index contributed by atoms with van der Waals surface area (Å²) in [6, 6.07) is 4.42. The first-order chi connectivity index (χ1) is 9.63. The fraction of sp³-hybridized carbons (Fsp3) is 0.647. The molecule has 2 nitrogen and oxygen atoms in total. The van der Waals surface area contributed by atoms with Gasteiger partial charge in [-0.2, -0.15) is 0 Å². The van der Waals surface area contributed by atoms with Gasteiger partial charge in [0.25, 0.3) is 0 Å². The predicted molar refractivity (Wildman–Crippen MR) is 75.8 cm³/mol. The van der Waals surface area contributed by atoms with Crippen LogP contribution in [0.3, 0.4) is 0 Å². The molecule has 4 aliphatic carbocycles. The largest absolute Gasteiger partial charge is 0.508 e. The minimum atomic E-state index is -0.314. The van der Waals surface area contributed by atoms with Gasteiger partial charge in [0.05, 0.1) is 0 Å². The molecule has 20 heavy (non-hydrogen) atoms. The number of phenols is 1. The van der Waals surface area contributed by atoms with Gasteiger partial charge in [-0.05, 0) is 61.3 Å². The molecule has 0 amide bonds. The summed E-state index contributed by atoms with van der Waals surface area (Å²) < 4.78 is 13.7. The highest BCUT2D eigenvalue weighted by Crippen LogP contribution is 2.63. The van der Waals surface area contributed by atoms with Crippen molar-refractivity contribution in [2.24, 2.45) is 23.2 Å². The SMILES string of the molecule is Oc1ccc(CNCC23CC4CC(C2)C(C4)C3)c(F)c1. The highest BCUT2D eigenvalue weighted by molar-refractivity contribution is 5.27. The van der Waals surface area contributed by atoms with E-state index in [1.165, 1.54) is 38.2 Å². The smallest absolute Gasteiger partial charge is 0.131 e. The minimum Gasteiger partial charge on any atom is -0.508 e. The van der Waals surface area contributed by atoms with Gasteiger partial charge in [0.1, 0.15) is 11.6 Å². The summed E-state index contributed by atoms with van der Waals surface area (Å²) >= 11 is 0. The van der Waals surface area contributed by atoms with Crippen LogP contribution in [0.1, 0.15) is 37.7 Å². The summed E-state index contributed by atoms with van der Waals surface area (Å²) in [7, 11) is 0. The predicted octanol–water partition coefficient (Wildman–Crippen LogP) is 3.45. The second-order valence-corrected chi connectivity index (χ2v) is 7.35. The van der Waals surface area contributed by atoms with Gasteiger partial charge in [-0.3, -0.25) is 0 Å². The van der Waals surface area contributed by atoms with E-state index in [0.29, 0.717) is 17.5 Å². The normalized spacial score (nSPS) is 37.8. The molecule has 0 aliphatic heterocycles. The van der Waals surface area contributed by atoms with Crippen molar-refractivity contribution in [3.63, 3.8) is 0 Å². The Morgan fingerprint density at radius 3 is 2.60 bits per heavy atom. The van der Waals surface area contributed by atoms with Crippen molar-refractivity contribution in [1.29, 1.82) is 0 Å². The molecule has 0 saturated heterocycles. The molecule has 1 aromatic rings. The highest BCUT2D eigenvalue weighted by atomic mass is 19.1. The van der Waals surface area contributed by atoms with E-state index >= 15 is 0 Å². The number of hydrogen-bond acceptors (Lipinski definition) is 2. The first kappa shape index (κ1) is 12.6. The lowest BCUT2D eigenvalue weighted by atomic mass is 9.69. The van der Waals surface area contributed by atoms with E-state index in [1.54, 1.807) is 12.1 Å². The fourth-order valence-corrected chi connectivity index (χ4v) is 5.34. The zero-order valence-electron chi connectivity index (χ0n) is 11.7. The first-order valence-electron chi connectivity index (χ1n) is 7.82. The zero-order chi connectivity index (χ0) is 13.7. The lowest BCUT2D eigenvalue weighted by molar-refractivity contribution is 0.141. The monoisotopic (exact) mass is 275 g/mol. The van der Waals surface area contributed by atoms with Gasteiger partial charge in [-0.15, -0.1) is 0 Å². The van der Waals surface area contributed by atoms with Crippen molar-refractivity contribution >= 4 is 0 Å². The third-order valence-corrected chi connectivity index (χ3v) is 5.90. The van der Waals surface area contributed by atoms with Crippen LogP contribution in [0.4, 0.5) is 4.39 Å². The van der Waals surface area contributed by atoms with Crippen LogP contribution in [0.2, 0.25) is 0 Å². The van der Waals surface area contributed by atoms with E-state index in [2.05, 4.69) is 5.32 Å². The Hall–Kier alpha value is -1.09. The number of phenolic OH excluding ortho intramolecular Hbond substituents is 1. The Balaban J connectivity index is 1.37. The number of hydrogen-bond donors (Lipinski definition) is 2. The van der Waals surface area contributed by atoms with Crippen LogP contribution in [0.25, 0.3) is 0 Å². The van der Waals surface area contributed by atoms with Crippen LogP contribution in [0, 0.1) is 29.0 Å². The molecule has 1 aromatic carbocycles. The third kappa shape index (κ3) is 2.03. The maximum Gasteiger partial charge on any atom is 0.131 e. The quantitative estimate of drug-likeness (QED) is 0.882. The summed E-state index contributed by atoms with van der Waals surface area (Å²) in [5, 5.41) is 12.7. The van der Waals surface area contributed by atoms with Gasteiger partial charge < -0.3 is 10.4 Å². The standard InChI is InChI=1S/C17H22FNO/c18-16-5-15(20)2-1-12(16)9-19-10-17-6-11-3-13(7-17)14(4-11)8-17/h1-2,5,11,13-14,19-20H,3-4,6-10H2. The maximum absolute atomic E-state index is 13.7. The molecule has 2 N–H and O–H groups in total. The number of rotatable bonds is 4. The Morgan fingerprint density at radius 2 is 1.95 bits per heavy atom. The molecule has 2 atom stereocenters. The molecule has 0 aromatic heterocycles. The van der Waals surface area contributed by atoms with E-state index in [1.807, 2.05) is 0 Å². The van der Waals surface area contributed by atoms with Gasteiger partial charge in [-0.25, -0.2) is 4.39 Å². The van der Waals surface area contributed by atoms with E-state index in [4.69, 9.17) is 0 Å². The topological polar surface area (TPSA) is 32.3 Å². The van der Waals surface area contributed by atoms with Gasteiger partial charge in [0.2, 0.25) is 0 Å². The van der Waals surface area contributed by atoms with Crippen LogP contribution in [0.15, 0.2) is 18.2 Å². The van der Waals surface area contributed by atoms with Crippen LogP contribution in [-0.4, -0.2) is 11.7 Å². The molecule has 4 aliphatic rings. The highest BCUT2D eigenvalue weighted by Gasteiger charge is 2.55.